The van der Waals surface area contributed by atoms with E-state index >= 15 is 0 Å². The van der Waals surface area contributed by atoms with Crippen molar-refractivity contribution in [3.05, 3.63) is 64.7 Å². The first kappa shape index (κ1) is 16.6. The highest BCUT2D eigenvalue weighted by molar-refractivity contribution is 8.01. The number of thioether (sulfide) groups is 1. The van der Waals surface area contributed by atoms with Gasteiger partial charge in [-0.3, -0.25) is 4.79 Å². The molecule has 0 saturated heterocycles. The molecule has 0 spiro atoms. The van der Waals surface area contributed by atoms with Crippen LogP contribution in [0.4, 0.5) is 0 Å². The highest BCUT2D eigenvalue weighted by Gasteiger charge is 2.32. The van der Waals surface area contributed by atoms with E-state index in [0.29, 0.717) is 12.0 Å². The topological polar surface area (TPSA) is 66.4 Å². The molecule has 0 bridgehead atoms. The molecule has 0 saturated carbocycles. The summed E-state index contributed by atoms with van der Waals surface area (Å²) in [5.74, 6) is -1.28. The molecule has 124 valence electrons. The number of carbonyl (C=O) groups is 2. The minimum absolute atomic E-state index is 0.232. The fourth-order valence-corrected chi connectivity index (χ4v) is 4.13. The molecule has 0 radical (unpaired) electrons. The standard InChI is InChI=1S/C19H19NO3S/c1-11-6-5-8-14(12(11)2)17(19(22)23)20-18(21)16-10-13-7-3-4-9-15(13)24-16/h3-9,16-17H,10H2,1-2H3,(H,20,21)(H,22,23). The molecule has 0 fully saturated rings. The van der Waals surface area contributed by atoms with Gasteiger partial charge in [-0.05, 0) is 48.6 Å². The highest BCUT2D eigenvalue weighted by atomic mass is 32.2. The van der Waals surface area contributed by atoms with Crippen molar-refractivity contribution in [3.63, 3.8) is 0 Å². The Labute approximate surface area is 145 Å². The summed E-state index contributed by atoms with van der Waals surface area (Å²) in [6.07, 6.45) is 0.631. The van der Waals surface area contributed by atoms with Gasteiger partial charge < -0.3 is 10.4 Å². The van der Waals surface area contributed by atoms with Gasteiger partial charge in [0.05, 0.1) is 5.25 Å². The summed E-state index contributed by atoms with van der Waals surface area (Å²) >= 11 is 1.50. The fourth-order valence-electron chi connectivity index (χ4n) is 2.92. The van der Waals surface area contributed by atoms with E-state index in [1.807, 2.05) is 50.2 Å². The van der Waals surface area contributed by atoms with Gasteiger partial charge >= 0.3 is 5.97 Å². The average Bonchev–Trinajstić information content (AvgIpc) is 2.99. The number of rotatable bonds is 4. The van der Waals surface area contributed by atoms with Crippen LogP contribution in [-0.4, -0.2) is 22.2 Å². The third kappa shape index (κ3) is 3.17. The predicted octanol–water partition coefficient (Wildman–Crippen LogP) is 3.26. The molecular formula is C19H19NO3S. The zero-order chi connectivity index (χ0) is 17.3. The van der Waals surface area contributed by atoms with Crippen molar-refractivity contribution in [1.29, 1.82) is 0 Å². The van der Waals surface area contributed by atoms with Crippen LogP contribution < -0.4 is 5.32 Å². The van der Waals surface area contributed by atoms with Gasteiger partial charge in [-0.1, -0.05) is 36.4 Å². The summed E-state index contributed by atoms with van der Waals surface area (Å²) in [5.41, 5.74) is 3.68. The molecule has 5 heteroatoms. The maximum absolute atomic E-state index is 12.6. The Hall–Kier alpha value is -2.27. The number of nitrogens with one attached hydrogen (secondary N) is 1. The second-order valence-electron chi connectivity index (χ2n) is 5.99. The largest absolute Gasteiger partial charge is 0.479 e. The van der Waals surface area contributed by atoms with E-state index in [0.717, 1.165) is 21.6 Å². The lowest BCUT2D eigenvalue weighted by Crippen LogP contribution is -2.39. The van der Waals surface area contributed by atoms with Crippen LogP contribution in [0.2, 0.25) is 0 Å². The highest BCUT2D eigenvalue weighted by Crippen LogP contribution is 2.37. The van der Waals surface area contributed by atoms with Crippen LogP contribution in [0.3, 0.4) is 0 Å². The van der Waals surface area contributed by atoms with Gasteiger partial charge in [0.15, 0.2) is 6.04 Å². The van der Waals surface area contributed by atoms with Gasteiger partial charge in [0.1, 0.15) is 0 Å². The van der Waals surface area contributed by atoms with Crippen molar-refractivity contribution < 1.29 is 14.7 Å². The molecule has 1 aliphatic rings. The van der Waals surface area contributed by atoms with Crippen molar-refractivity contribution in [3.8, 4) is 0 Å². The number of hydrogen-bond acceptors (Lipinski definition) is 3. The zero-order valence-corrected chi connectivity index (χ0v) is 14.4. The van der Waals surface area contributed by atoms with Crippen molar-refractivity contribution in [2.75, 3.05) is 0 Å². The Bertz CT molecular complexity index is 778. The van der Waals surface area contributed by atoms with E-state index in [9.17, 15) is 14.7 Å². The molecule has 4 nitrogen and oxygen atoms in total. The monoisotopic (exact) mass is 341 g/mol. The number of amides is 1. The predicted molar refractivity (Wildman–Crippen MR) is 94.2 cm³/mol. The lowest BCUT2D eigenvalue weighted by molar-refractivity contribution is -0.142. The van der Waals surface area contributed by atoms with Crippen LogP contribution in [0.15, 0.2) is 47.4 Å². The number of fused-ring (bicyclic) bond motifs is 1. The Kier molecular flexibility index (Phi) is 4.62. The number of benzene rings is 2. The van der Waals surface area contributed by atoms with Gasteiger partial charge in [0, 0.05) is 4.90 Å². The molecule has 2 aromatic carbocycles. The minimum atomic E-state index is -1.04. The lowest BCUT2D eigenvalue weighted by atomic mass is 9.97. The maximum atomic E-state index is 12.6. The van der Waals surface area contributed by atoms with Gasteiger partial charge in [-0.25, -0.2) is 4.79 Å². The van der Waals surface area contributed by atoms with Crippen LogP contribution in [0, 0.1) is 13.8 Å². The molecule has 2 N–H and O–H groups in total. The number of carboxylic acid groups (broad SMARTS) is 1. The molecule has 1 amide bonds. The van der Waals surface area contributed by atoms with Crippen molar-refractivity contribution in [2.24, 2.45) is 0 Å². The summed E-state index contributed by atoms with van der Waals surface area (Å²) in [4.78, 5) is 25.4. The molecule has 2 atom stereocenters. The summed E-state index contributed by atoms with van der Waals surface area (Å²) in [6.45, 7) is 3.82. The normalized spacial score (nSPS) is 17.2. The number of aryl methyl sites for hydroxylation is 1. The Balaban J connectivity index is 1.79. The first-order valence-corrected chi connectivity index (χ1v) is 8.69. The zero-order valence-electron chi connectivity index (χ0n) is 13.6. The third-order valence-electron chi connectivity index (χ3n) is 4.43. The first-order valence-electron chi connectivity index (χ1n) is 7.81. The van der Waals surface area contributed by atoms with E-state index in [4.69, 9.17) is 0 Å². The van der Waals surface area contributed by atoms with E-state index in [2.05, 4.69) is 5.32 Å². The molecule has 24 heavy (non-hydrogen) atoms. The van der Waals surface area contributed by atoms with Crippen LogP contribution in [0.25, 0.3) is 0 Å². The molecule has 2 unspecified atom stereocenters. The minimum Gasteiger partial charge on any atom is -0.479 e. The van der Waals surface area contributed by atoms with Crippen LogP contribution in [0.5, 0.6) is 0 Å². The number of carbonyl (C=O) groups excluding carboxylic acids is 1. The lowest BCUT2D eigenvalue weighted by Gasteiger charge is -2.20. The first-order chi connectivity index (χ1) is 11.5. The van der Waals surface area contributed by atoms with Crippen molar-refractivity contribution in [2.45, 2.75) is 36.5 Å². The van der Waals surface area contributed by atoms with E-state index < -0.39 is 12.0 Å². The fraction of sp³-hybridized carbons (Fsp3) is 0.263. The SMILES string of the molecule is Cc1cccc(C(NC(=O)C2Cc3ccccc3S2)C(=O)O)c1C. The summed E-state index contributed by atoms with van der Waals surface area (Å²) in [5, 5.41) is 12.0. The molecule has 0 aliphatic carbocycles. The van der Waals surface area contributed by atoms with Crippen molar-refractivity contribution >= 4 is 23.6 Å². The molecule has 3 rings (SSSR count). The summed E-state index contributed by atoms with van der Waals surface area (Å²) < 4.78 is 0. The van der Waals surface area contributed by atoms with Crippen LogP contribution >= 0.6 is 11.8 Å². The molecular weight excluding hydrogens is 322 g/mol. The number of aliphatic carboxylic acids is 1. The molecule has 2 aromatic rings. The molecule has 1 aliphatic heterocycles. The Morgan fingerprint density at radius 3 is 2.62 bits per heavy atom. The van der Waals surface area contributed by atoms with E-state index in [-0.39, 0.29) is 11.2 Å². The average molecular weight is 341 g/mol. The Morgan fingerprint density at radius 2 is 1.92 bits per heavy atom. The van der Waals surface area contributed by atoms with Gasteiger partial charge in [0.25, 0.3) is 0 Å². The third-order valence-corrected chi connectivity index (χ3v) is 5.75. The second kappa shape index (κ2) is 6.69. The van der Waals surface area contributed by atoms with Crippen molar-refractivity contribution in [1.82, 2.24) is 5.32 Å². The quantitative estimate of drug-likeness (QED) is 0.896. The smallest absolute Gasteiger partial charge is 0.330 e. The number of carboxylic acids is 1. The second-order valence-corrected chi connectivity index (χ2v) is 7.23. The van der Waals surface area contributed by atoms with E-state index in [1.54, 1.807) is 6.07 Å². The molecule has 0 aromatic heterocycles. The summed E-state index contributed by atoms with van der Waals surface area (Å²) in [7, 11) is 0. The molecule has 1 heterocycles. The summed E-state index contributed by atoms with van der Waals surface area (Å²) in [6, 6.07) is 12.4. The Morgan fingerprint density at radius 1 is 1.17 bits per heavy atom. The van der Waals surface area contributed by atoms with Gasteiger partial charge in [-0.2, -0.15) is 0 Å². The van der Waals surface area contributed by atoms with Gasteiger partial charge in [-0.15, -0.1) is 11.8 Å². The maximum Gasteiger partial charge on any atom is 0.330 e. The van der Waals surface area contributed by atoms with Gasteiger partial charge in [0.2, 0.25) is 5.91 Å². The van der Waals surface area contributed by atoms with E-state index in [1.165, 1.54) is 11.8 Å². The van der Waals surface area contributed by atoms with Crippen LogP contribution in [-0.2, 0) is 16.0 Å². The number of hydrogen-bond donors (Lipinski definition) is 2. The van der Waals surface area contributed by atoms with Crippen LogP contribution in [0.1, 0.15) is 28.3 Å².